The molecule has 3 aromatic carbocycles. The summed E-state index contributed by atoms with van der Waals surface area (Å²) in [6.45, 7) is -0.316. The Kier molecular flexibility index (Phi) is 7.55. The number of rotatable bonds is 7. The van der Waals surface area contributed by atoms with Gasteiger partial charge in [-0.1, -0.05) is 53.5 Å². The molecule has 0 spiro atoms. The van der Waals surface area contributed by atoms with E-state index < -0.39 is 5.97 Å². The number of carbonyl (C=O) groups is 1. The predicted molar refractivity (Wildman–Crippen MR) is 121 cm³/mol. The van der Waals surface area contributed by atoms with Gasteiger partial charge >= 0.3 is 5.97 Å². The summed E-state index contributed by atoms with van der Waals surface area (Å²) in [5, 5.41) is 10.5. The van der Waals surface area contributed by atoms with Gasteiger partial charge in [-0.25, -0.2) is 4.79 Å². The molecule has 0 aliphatic carbocycles. The zero-order valence-corrected chi connectivity index (χ0v) is 18.0. The fourth-order valence-electron chi connectivity index (χ4n) is 2.69. The van der Waals surface area contributed by atoms with E-state index in [0.717, 1.165) is 5.56 Å². The van der Waals surface area contributed by atoms with E-state index in [1.807, 2.05) is 0 Å². The van der Waals surface area contributed by atoms with Crippen LogP contribution in [0.2, 0.25) is 10.0 Å². The first kappa shape index (κ1) is 22.2. The van der Waals surface area contributed by atoms with Crippen molar-refractivity contribution in [2.24, 2.45) is 0 Å². The van der Waals surface area contributed by atoms with Crippen molar-refractivity contribution in [3.8, 4) is 23.3 Å². The van der Waals surface area contributed by atoms with E-state index in [1.165, 1.54) is 7.11 Å². The van der Waals surface area contributed by atoms with Crippen LogP contribution < -0.4 is 14.2 Å². The summed E-state index contributed by atoms with van der Waals surface area (Å²) in [6.07, 6.45) is 1.71. The Morgan fingerprint density at radius 2 is 1.74 bits per heavy atom. The standard InChI is InChI=1S/C24H17Cl2NO4/c1-29-23-13-16(12-18(14-27)17-7-9-19(25)10-8-17)6-11-22(23)31-24(28)15-30-21-5-3-2-4-20(21)26/h2-13H,15H2,1H3. The zero-order valence-electron chi connectivity index (χ0n) is 16.5. The Bertz CT molecular complexity index is 1150. The SMILES string of the molecule is COc1cc(C=C(C#N)c2ccc(Cl)cc2)ccc1OC(=O)COc1ccccc1Cl. The number of benzene rings is 3. The zero-order chi connectivity index (χ0) is 22.2. The highest BCUT2D eigenvalue weighted by Gasteiger charge is 2.13. The molecule has 0 saturated carbocycles. The lowest BCUT2D eigenvalue weighted by atomic mass is 10.0. The van der Waals surface area contributed by atoms with Crippen LogP contribution in [0.15, 0.2) is 66.7 Å². The van der Waals surface area contributed by atoms with E-state index in [0.29, 0.717) is 32.7 Å². The Hall–Kier alpha value is -3.46. The second-order valence-electron chi connectivity index (χ2n) is 6.28. The van der Waals surface area contributed by atoms with Crippen LogP contribution in [0.5, 0.6) is 17.2 Å². The first-order chi connectivity index (χ1) is 15.0. The number of methoxy groups -OCH3 is 1. The highest BCUT2D eigenvalue weighted by atomic mass is 35.5. The summed E-state index contributed by atoms with van der Waals surface area (Å²) in [4.78, 5) is 12.2. The molecule has 0 saturated heterocycles. The number of hydrogen-bond donors (Lipinski definition) is 0. The van der Waals surface area contributed by atoms with Crippen molar-refractivity contribution in [2.75, 3.05) is 13.7 Å². The number of allylic oxidation sites excluding steroid dienone is 1. The Labute approximate surface area is 190 Å². The van der Waals surface area contributed by atoms with Gasteiger partial charge in [0.1, 0.15) is 5.75 Å². The first-order valence-corrected chi connectivity index (χ1v) is 9.89. The third-order valence-corrected chi connectivity index (χ3v) is 4.74. The van der Waals surface area contributed by atoms with Crippen LogP contribution in [0.1, 0.15) is 11.1 Å². The summed E-state index contributed by atoms with van der Waals surface area (Å²) in [5.74, 6) is 0.353. The average Bonchev–Trinajstić information content (AvgIpc) is 2.78. The van der Waals surface area contributed by atoms with Crippen LogP contribution >= 0.6 is 23.2 Å². The van der Waals surface area contributed by atoms with E-state index in [-0.39, 0.29) is 12.4 Å². The Morgan fingerprint density at radius 3 is 2.42 bits per heavy atom. The molecule has 156 valence electrons. The number of carbonyl (C=O) groups excluding carboxylic acids is 1. The first-order valence-electron chi connectivity index (χ1n) is 9.14. The number of para-hydroxylation sites is 1. The average molecular weight is 454 g/mol. The van der Waals surface area contributed by atoms with Crippen molar-refractivity contribution in [1.82, 2.24) is 0 Å². The highest BCUT2D eigenvalue weighted by Crippen LogP contribution is 2.30. The van der Waals surface area contributed by atoms with Crippen LogP contribution in [0, 0.1) is 11.3 Å². The molecule has 5 nitrogen and oxygen atoms in total. The summed E-state index contributed by atoms with van der Waals surface area (Å²) >= 11 is 11.9. The Balaban J connectivity index is 1.73. The fraction of sp³-hybridized carbons (Fsp3) is 0.0833. The van der Waals surface area contributed by atoms with E-state index >= 15 is 0 Å². The minimum Gasteiger partial charge on any atom is -0.493 e. The molecular formula is C24H17Cl2NO4. The van der Waals surface area contributed by atoms with E-state index in [2.05, 4.69) is 6.07 Å². The van der Waals surface area contributed by atoms with Gasteiger partial charge < -0.3 is 14.2 Å². The van der Waals surface area contributed by atoms with Crippen LogP contribution in [0.4, 0.5) is 0 Å². The summed E-state index contributed by atoms with van der Waals surface area (Å²) in [7, 11) is 1.46. The van der Waals surface area contributed by atoms with Crippen molar-refractivity contribution >= 4 is 40.8 Å². The molecule has 0 bridgehead atoms. The Morgan fingerprint density at radius 1 is 1.00 bits per heavy atom. The summed E-state index contributed by atoms with van der Waals surface area (Å²) in [5.41, 5.74) is 1.89. The van der Waals surface area contributed by atoms with Gasteiger partial charge in [-0.05, 0) is 53.6 Å². The normalized spacial score (nSPS) is 10.8. The second kappa shape index (κ2) is 10.5. The van der Waals surface area contributed by atoms with Gasteiger partial charge in [-0.2, -0.15) is 5.26 Å². The number of halogens is 2. The van der Waals surface area contributed by atoms with Crippen molar-refractivity contribution in [3.63, 3.8) is 0 Å². The third-order valence-electron chi connectivity index (χ3n) is 4.18. The molecule has 0 radical (unpaired) electrons. The van der Waals surface area contributed by atoms with Gasteiger partial charge in [0, 0.05) is 5.02 Å². The fourth-order valence-corrected chi connectivity index (χ4v) is 3.00. The number of esters is 1. The number of nitrogens with zero attached hydrogens (tertiary/aromatic N) is 1. The van der Waals surface area contributed by atoms with Gasteiger partial charge in [0.15, 0.2) is 18.1 Å². The molecule has 31 heavy (non-hydrogen) atoms. The van der Waals surface area contributed by atoms with Gasteiger partial charge in [0.25, 0.3) is 0 Å². The topological polar surface area (TPSA) is 68.5 Å². The van der Waals surface area contributed by atoms with Crippen molar-refractivity contribution in [1.29, 1.82) is 5.26 Å². The molecule has 7 heteroatoms. The molecule has 0 amide bonds. The minimum atomic E-state index is -0.611. The smallest absolute Gasteiger partial charge is 0.349 e. The predicted octanol–water partition coefficient (Wildman–Crippen LogP) is 6.05. The van der Waals surface area contributed by atoms with Gasteiger partial charge in [0.05, 0.1) is 23.8 Å². The quantitative estimate of drug-likeness (QED) is 0.188. The molecule has 0 aromatic heterocycles. The second-order valence-corrected chi connectivity index (χ2v) is 7.12. The maximum atomic E-state index is 12.2. The molecule has 0 unspecified atom stereocenters. The molecule has 3 rings (SSSR count). The number of ether oxygens (including phenoxy) is 3. The molecule has 0 aliphatic heterocycles. The molecule has 0 aliphatic rings. The summed E-state index contributed by atoms with van der Waals surface area (Å²) in [6, 6.07) is 21.0. The number of hydrogen-bond acceptors (Lipinski definition) is 5. The lowest BCUT2D eigenvalue weighted by molar-refractivity contribution is -0.136. The maximum Gasteiger partial charge on any atom is 0.349 e. The lowest BCUT2D eigenvalue weighted by Crippen LogP contribution is -2.18. The molecule has 0 N–H and O–H groups in total. The lowest BCUT2D eigenvalue weighted by Gasteiger charge is -2.11. The van der Waals surface area contributed by atoms with E-state index in [4.69, 9.17) is 37.4 Å². The van der Waals surface area contributed by atoms with Crippen LogP contribution in [-0.4, -0.2) is 19.7 Å². The largest absolute Gasteiger partial charge is 0.493 e. The van der Waals surface area contributed by atoms with E-state index in [9.17, 15) is 10.1 Å². The van der Waals surface area contributed by atoms with Crippen LogP contribution in [-0.2, 0) is 4.79 Å². The minimum absolute atomic E-state index is 0.234. The molecule has 0 atom stereocenters. The van der Waals surface area contributed by atoms with Crippen LogP contribution in [0.3, 0.4) is 0 Å². The highest BCUT2D eigenvalue weighted by molar-refractivity contribution is 6.32. The molecule has 0 heterocycles. The van der Waals surface area contributed by atoms with Crippen molar-refractivity contribution in [2.45, 2.75) is 0 Å². The molecule has 0 fully saturated rings. The van der Waals surface area contributed by atoms with Gasteiger partial charge in [-0.3, -0.25) is 0 Å². The third kappa shape index (κ3) is 6.02. The molecule has 3 aromatic rings. The maximum absolute atomic E-state index is 12.2. The molecular weight excluding hydrogens is 437 g/mol. The van der Waals surface area contributed by atoms with Gasteiger partial charge in [0.2, 0.25) is 0 Å². The monoisotopic (exact) mass is 453 g/mol. The van der Waals surface area contributed by atoms with Gasteiger partial charge in [-0.15, -0.1) is 0 Å². The van der Waals surface area contributed by atoms with Crippen molar-refractivity contribution in [3.05, 3.63) is 87.9 Å². The number of nitriles is 1. The van der Waals surface area contributed by atoms with Crippen LogP contribution in [0.25, 0.3) is 11.6 Å². The van der Waals surface area contributed by atoms with E-state index in [1.54, 1.807) is 72.8 Å². The summed E-state index contributed by atoms with van der Waals surface area (Å²) < 4.78 is 16.1. The van der Waals surface area contributed by atoms with Crippen molar-refractivity contribution < 1.29 is 19.0 Å².